The van der Waals surface area contributed by atoms with Crippen molar-refractivity contribution in [2.45, 2.75) is 45.5 Å². The summed E-state index contributed by atoms with van der Waals surface area (Å²) in [5, 5.41) is 30.3. The Bertz CT molecular complexity index is 918. The van der Waals surface area contributed by atoms with E-state index in [0.29, 0.717) is 41.7 Å². The van der Waals surface area contributed by atoms with Crippen molar-refractivity contribution in [2.24, 2.45) is 0 Å². The van der Waals surface area contributed by atoms with Crippen molar-refractivity contribution in [3.8, 4) is 5.75 Å². The third-order valence-corrected chi connectivity index (χ3v) is 5.20. The number of aldehydes is 1. The van der Waals surface area contributed by atoms with E-state index in [-0.39, 0.29) is 18.5 Å². The van der Waals surface area contributed by atoms with Gasteiger partial charge in [0, 0.05) is 5.57 Å². The van der Waals surface area contributed by atoms with Gasteiger partial charge in [-0.05, 0) is 73.3 Å². The Balaban J connectivity index is 2.33. The minimum atomic E-state index is -0.889. The summed E-state index contributed by atoms with van der Waals surface area (Å²) < 4.78 is 11.2. The quantitative estimate of drug-likeness (QED) is 0.576. The van der Waals surface area contributed by atoms with Gasteiger partial charge in [0.2, 0.25) is 0 Å². The van der Waals surface area contributed by atoms with Crippen molar-refractivity contribution >= 4 is 6.29 Å². The molecular formula is C26H32O6. The molecule has 0 bridgehead atoms. The second kappa shape index (κ2) is 12.8. The monoisotopic (exact) mass is 440 g/mol. The van der Waals surface area contributed by atoms with Crippen LogP contribution in [0.3, 0.4) is 0 Å². The number of rotatable bonds is 6. The highest BCUT2D eigenvalue weighted by Crippen LogP contribution is 2.20. The Morgan fingerprint density at radius 3 is 2.44 bits per heavy atom. The average Bonchev–Trinajstić information content (AvgIpc) is 2.78. The zero-order valence-corrected chi connectivity index (χ0v) is 18.8. The number of aliphatic hydroxyl groups is 3. The van der Waals surface area contributed by atoms with Gasteiger partial charge >= 0.3 is 0 Å². The molecule has 172 valence electrons. The molecule has 6 heteroatoms. The van der Waals surface area contributed by atoms with E-state index in [4.69, 9.17) is 9.47 Å². The smallest absolute Gasteiger partial charge is 0.150 e. The summed E-state index contributed by atoms with van der Waals surface area (Å²) in [6, 6.07) is 7.54. The number of benzene rings is 1. The van der Waals surface area contributed by atoms with E-state index in [2.05, 4.69) is 0 Å². The molecule has 0 heterocycles. The molecule has 1 unspecified atom stereocenters. The summed E-state index contributed by atoms with van der Waals surface area (Å²) in [7, 11) is 1.61. The van der Waals surface area contributed by atoms with E-state index in [1.165, 1.54) is 12.2 Å². The average molecular weight is 441 g/mol. The molecule has 1 aliphatic carbocycles. The van der Waals surface area contributed by atoms with Crippen LogP contribution in [0.25, 0.3) is 0 Å². The molecule has 0 saturated carbocycles. The first-order chi connectivity index (χ1) is 15.4. The Kier molecular flexibility index (Phi) is 10.1. The van der Waals surface area contributed by atoms with E-state index < -0.39 is 6.10 Å². The summed E-state index contributed by atoms with van der Waals surface area (Å²) in [4.78, 5) is 11.6. The lowest BCUT2D eigenvalue weighted by atomic mass is 10.00. The van der Waals surface area contributed by atoms with E-state index in [9.17, 15) is 20.1 Å². The lowest BCUT2D eigenvalue weighted by molar-refractivity contribution is -0.104. The number of carbonyl (C=O) groups is 1. The minimum absolute atomic E-state index is 0.106. The normalized spacial score (nSPS) is 27.2. The molecule has 0 aliphatic heterocycles. The predicted molar refractivity (Wildman–Crippen MR) is 124 cm³/mol. The van der Waals surface area contributed by atoms with E-state index in [0.717, 1.165) is 17.6 Å². The fourth-order valence-corrected chi connectivity index (χ4v) is 3.32. The topological polar surface area (TPSA) is 96.2 Å². The Labute approximate surface area is 189 Å². The van der Waals surface area contributed by atoms with Crippen molar-refractivity contribution in [3.05, 3.63) is 88.3 Å². The van der Waals surface area contributed by atoms with Crippen molar-refractivity contribution in [1.29, 1.82) is 0 Å². The maximum absolute atomic E-state index is 11.6. The molecule has 6 nitrogen and oxygen atoms in total. The third-order valence-electron chi connectivity index (χ3n) is 5.20. The van der Waals surface area contributed by atoms with Crippen LogP contribution in [0, 0.1) is 0 Å². The molecule has 32 heavy (non-hydrogen) atoms. The SMILES string of the molecule is COc1ccc(CO[C@@H]2C=C(CO)/C=C/C(C)=C(C=O)\C(C)=C\C(O)=C\C(O)CC2)cc1. The Hall–Kier alpha value is -2.93. The van der Waals surface area contributed by atoms with Gasteiger partial charge in [-0.3, -0.25) is 4.79 Å². The number of aliphatic hydroxyl groups excluding tert-OH is 3. The van der Waals surface area contributed by atoms with Crippen LogP contribution >= 0.6 is 0 Å². The first kappa shape index (κ1) is 25.3. The molecule has 0 saturated heterocycles. The highest BCUT2D eigenvalue weighted by molar-refractivity contribution is 5.82. The predicted octanol–water partition coefficient (Wildman–Crippen LogP) is 4.11. The minimum Gasteiger partial charge on any atom is -0.508 e. The highest BCUT2D eigenvalue weighted by atomic mass is 16.5. The maximum Gasteiger partial charge on any atom is 0.150 e. The lowest BCUT2D eigenvalue weighted by Crippen LogP contribution is -2.15. The summed E-state index contributed by atoms with van der Waals surface area (Å²) in [6.07, 6.45) is 8.41. The zero-order chi connectivity index (χ0) is 23.5. The zero-order valence-electron chi connectivity index (χ0n) is 18.8. The van der Waals surface area contributed by atoms with E-state index in [1.54, 1.807) is 33.1 Å². The van der Waals surface area contributed by atoms with Gasteiger partial charge in [-0.15, -0.1) is 0 Å². The third kappa shape index (κ3) is 7.96. The van der Waals surface area contributed by atoms with Gasteiger partial charge in [0.05, 0.1) is 32.5 Å². The molecule has 1 aromatic carbocycles. The highest BCUT2D eigenvalue weighted by Gasteiger charge is 2.13. The number of allylic oxidation sites excluding steroid dienone is 5. The number of hydrogen-bond acceptors (Lipinski definition) is 6. The lowest BCUT2D eigenvalue weighted by Gasteiger charge is -2.17. The summed E-state index contributed by atoms with van der Waals surface area (Å²) in [5.41, 5.74) is 3.30. The number of methoxy groups -OCH3 is 1. The standard InChI is InChI=1S/C26H32O6/c1-18-4-5-21(15-27)13-25(32-17-20-6-9-24(31-3)10-7-20)11-8-22(29)14-23(30)12-19(2)26(18)16-28/h4-7,9-10,12-14,16,22,25,27,29-30H,8,11,15,17H2,1-3H3/b5-4+,19-12+,21-13?,23-14-,26-18-/t22?,25-/m0/s1. The fourth-order valence-electron chi connectivity index (χ4n) is 3.32. The summed E-state index contributed by atoms with van der Waals surface area (Å²) in [5.74, 6) is 0.655. The molecular weight excluding hydrogens is 408 g/mol. The van der Waals surface area contributed by atoms with Crippen LogP contribution < -0.4 is 4.74 Å². The van der Waals surface area contributed by atoms with Crippen LogP contribution in [0.5, 0.6) is 5.75 Å². The molecule has 2 rings (SSSR count). The Morgan fingerprint density at radius 2 is 1.81 bits per heavy atom. The molecule has 1 aliphatic rings. The van der Waals surface area contributed by atoms with Crippen molar-refractivity contribution in [1.82, 2.24) is 0 Å². The van der Waals surface area contributed by atoms with Gasteiger partial charge in [0.25, 0.3) is 0 Å². The molecule has 0 aromatic heterocycles. The molecule has 2 atom stereocenters. The van der Waals surface area contributed by atoms with Crippen molar-refractivity contribution < 1.29 is 29.6 Å². The second-order valence-electron chi connectivity index (χ2n) is 7.71. The van der Waals surface area contributed by atoms with Gasteiger partial charge in [0.1, 0.15) is 11.5 Å². The maximum atomic E-state index is 11.6. The molecule has 0 fully saturated rings. The second-order valence-corrected chi connectivity index (χ2v) is 7.71. The van der Waals surface area contributed by atoms with Gasteiger partial charge in [-0.1, -0.05) is 30.4 Å². The van der Waals surface area contributed by atoms with Crippen LogP contribution in [0.4, 0.5) is 0 Å². The van der Waals surface area contributed by atoms with Crippen molar-refractivity contribution in [2.75, 3.05) is 13.7 Å². The first-order valence-corrected chi connectivity index (χ1v) is 10.5. The van der Waals surface area contributed by atoms with Crippen LogP contribution in [0.2, 0.25) is 0 Å². The van der Waals surface area contributed by atoms with Crippen LogP contribution in [0.15, 0.2) is 82.7 Å². The molecule has 0 spiro atoms. The van der Waals surface area contributed by atoms with Gasteiger partial charge < -0.3 is 24.8 Å². The Morgan fingerprint density at radius 1 is 1.09 bits per heavy atom. The van der Waals surface area contributed by atoms with Crippen LogP contribution in [0.1, 0.15) is 32.3 Å². The van der Waals surface area contributed by atoms with Crippen LogP contribution in [-0.4, -0.2) is 47.5 Å². The summed E-state index contributed by atoms with van der Waals surface area (Å²) in [6.45, 7) is 3.66. The number of ether oxygens (including phenoxy) is 2. The van der Waals surface area contributed by atoms with Gasteiger partial charge in [-0.2, -0.15) is 0 Å². The number of hydrogen-bond donors (Lipinski definition) is 3. The van der Waals surface area contributed by atoms with Gasteiger partial charge in [0.15, 0.2) is 6.29 Å². The fraction of sp³-hybridized carbons (Fsp3) is 0.346. The number of carbonyl (C=O) groups excluding carboxylic acids is 1. The van der Waals surface area contributed by atoms with E-state index >= 15 is 0 Å². The van der Waals surface area contributed by atoms with Gasteiger partial charge in [-0.25, -0.2) is 0 Å². The summed E-state index contributed by atoms with van der Waals surface area (Å²) >= 11 is 0. The van der Waals surface area contributed by atoms with E-state index in [1.807, 2.05) is 30.3 Å². The molecule has 3 N–H and O–H groups in total. The molecule has 0 amide bonds. The van der Waals surface area contributed by atoms with Crippen molar-refractivity contribution in [3.63, 3.8) is 0 Å². The largest absolute Gasteiger partial charge is 0.508 e. The molecule has 1 aromatic rings. The molecule has 0 radical (unpaired) electrons. The van der Waals surface area contributed by atoms with Crippen LogP contribution in [-0.2, 0) is 16.1 Å². The first-order valence-electron chi connectivity index (χ1n) is 10.5.